The molecule has 3 rings (SSSR count). The molecule has 6 heteroatoms. The SMILES string of the molecule is C[C@H](N[C@@H](C)c1nnc(-c2cccc(Cl)c2)o1)c1ccc(Cl)cc1. The third-order valence-corrected chi connectivity index (χ3v) is 4.24. The van der Waals surface area contributed by atoms with Crippen LogP contribution in [0.15, 0.2) is 52.9 Å². The zero-order valence-corrected chi connectivity index (χ0v) is 14.8. The Morgan fingerprint density at radius 2 is 1.67 bits per heavy atom. The Balaban J connectivity index is 1.71. The van der Waals surface area contributed by atoms with Gasteiger partial charge in [-0.3, -0.25) is 5.32 Å². The number of nitrogens with zero attached hydrogens (tertiary/aromatic N) is 2. The summed E-state index contributed by atoms with van der Waals surface area (Å²) in [5.41, 5.74) is 1.94. The van der Waals surface area contributed by atoms with Gasteiger partial charge in [0, 0.05) is 21.7 Å². The summed E-state index contributed by atoms with van der Waals surface area (Å²) in [6.07, 6.45) is 0. The first-order valence-corrected chi connectivity index (χ1v) is 8.39. The maximum Gasteiger partial charge on any atom is 0.247 e. The molecule has 2 aromatic carbocycles. The van der Waals surface area contributed by atoms with E-state index in [1.165, 1.54) is 0 Å². The van der Waals surface area contributed by atoms with E-state index in [1.54, 1.807) is 12.1 Å². The van der Waals surface area contributed by atoms with E-state index in [2.05, 4.69) is 22.4 Å². The Morgan fingerprint density at radius 3 is 2.38 bits per heavy atom. The minimum absolute atomic E-state index is 0.0869. The predicted octanol–water partition coefficient (Wildman–Crippen LogP) is 5.46. The lowest BCUT2D eigenvalue weighted by Crippen LogP contribution is -2.22. The lowest BCUT2D eigenvalue weighted by molar-refractivity contribution is 0.395. The highest BCUT2D eigenvalue weighted by Crippen LogP contribution is 2.25. The van der Waals surface area contributed by atoms with Crippen molar-refractivity contribution in [3.63, 3.8) is 0 Å². The fourth-order valence-electron chi connectivity index (χ4n) is 2.44. The first-order valence-electron chi connectivity index (χ1n) is 7.64. The second kappa shape index (κ2) is 7.34. The van der Waals surface area contributed by atoms with Crippen molar-refractivity contribution in [2.75, 3.05) is 0 Å². The van der Waals surface area contributed by atoms with Gasteiger partial charge in [-0.25, -0.2) is 0 Å². The van der Waals surface area contributed by atoms with Gasteiger partial charge >= 0.3 is 0 Å². The van der Waals surface area contributed by atoms with E-state index in [0.29, 0.717) is 16.8 Å². The molecule has 1 heterocycles. The van der Waals surface area contributed by atoms with Crippen LogP contribution in [0, 0.1) is 0 Å². The summed E-state index contributed by atoms with van der Waals surface area (Å²) in [7, 11) is 0. The molecule has 0 radical (unpaired) electrons. The minimum atomic E-state index is -0.0869. The molecule has 124 valence electrons. The maximum absolute atomic E-state index is 6.00. The lowest BCUT2D eigenvalue weighted by atomic mass is 10.1. The number of benzene rings is 2. The topological polar surface area (TPSA) is 51.0 Å². The molecule has 1 aromatic heterocycles. The summed E-state index contributed by atoms with van der Waals surface area (Å²) in [5.74, 6) is 0.992. The summed E-state index contributed by atoms with van der Waals surface area (Å²) >= 11 is 11.9. The second-order valence-electron chi connectivity index (χ2n) is 5.62. The Kier molecular flexibility index (Phi) is 5.19. The van der Waals surface area contributed by atoms with Crippen LogP contribution in [0.3, 0.4) is 0 Å². The van der Waals surface area contributed by atoms with Gasteiger partial charge in [-0.1, -0.05) is 41.4 Å². The van der Waals surface area contributed by atoms with E-state index in [4.69, 9.17) is 27.6 Å². The highest BCUT2D eigenvalue weighted by molar-refractivity contribution is 6.31. The third kappa shape index (κ3) is 3.96. The zero-order valence-electron chi connectivity index (χ0n) is 13.3. The number of halogens is 2. The number of rotatable bonds is 5. The van der Waals surface area contributed by atoms with Crippen LogP contribution in [-0.2, 0) is 0 Å². The molecule has 2 atom stereocenters. The number of nitrogens with one attached hydrogen (secondary N) is 1. The van der Waals surface area contributed by atoms with Gasteiger partial charge in [0.1, 0.15) is 0 Å². The lowest BCUT2D eigenvalue weighted by Gasteiger charge is -2.17. The molecule has 0 bridgehead atoms. The van der Waals surface area contributed by atoms with Gasteiger partial charge in [0.2, 0.25) is 11.8 Å². The highest BCUT2D eigenvalue weighted by atomic mass is 35.5. The van der Waals surface area contributed by atoms with Gasteiger partial charge in [-0.15, -0.1) is 10.2 Å². The fraction of sp³-hybridized carbons (Fsp3) is 0.222. The number of hydrogen-bond acceptors (Lipinski definition) is 4. The molecule has 0 saturated heterocycles. The normalized spacial score (nSPS) is 13.7. The summed E-state index contributed by atoms with van der Waals surface area (Å²) in [6, 6.07) is 15.1. The van der Waals surface area contributed by atoms with E-state index in [0.717, 1.165) is 16.1 Å². The number of hydrogen-bond donors (Lipinski definition) is 1. The Bertz CT molecular complexity index is 817. The standard InChI is InChI=1S/C18H17Cl2N3O/c1-11(13-6-8-15(19)9-7-13)21-12(2)17-22-23-18(24-17)14-4-3-5-16(20)10-14/h3-12,21H,1-2H3/t11-,12-/m0/s1. The van der Waals surface area contributed by atoms with Gasteiger partial charge in [-0.2, -0.15) is 0 Å². The van der Waals surface area contributed by atoms with Crippen LogP contribution >= 0.6 is 23.2 Å². The third-order valence-electron chi connectivity index (χ3n) is 3.75. The minimum Gasteiger partial charge on any atom is -0.419 e. The van der Waals surface area contributed by atoms with Crippen molar-refractivity contribution in [3.8, 4) is 11.5 Å². The first kappa shape index (κ1) is 17.0. The molecule has 0 spiro atoms. The van der Waals surface area contributed by atoms with Crippen LogP contribution in [0.5, 0.6) is 0 Å². The zero-order chi connectivity index (χ0) is 17.1. The monoisotopic (exact) mass is 361 g/mol. The molecule has 3 aromatic rings. The van der Waals surface area contributed by atoms with Crippen LogP contribution < -0.4 is 5.32 Å². The molecule has 4 nitrogen and oxygen atoms in total. The van der Waals surface area contributed by atoms with Crippen molar-refractivity contribution in [1.82, 2.24) is 15.5 Å². The summed E-state index contributed by atoms with van der Waals surface area (Å²) < 4.78 is 5.78. The van der Waals surface area contributed by atoms with Gasteiger partial charge in [0.05, 0.1) is 6.04 Å². The van der Waals surface area contributed by atoms with Crippen LogP contribution in [0.4, 0.5) is 0 Å². The van der Waals surface area contributed by atoms with Crippen molar-refractivity contribution in [2.45, 2.75) is 25.9 Å². The molecular formula is C18H17Cl2N3O. The van der Waals surface area contributed by atoms with Crippen molar-refractivity contribution in [1.29, 1.82) is 0 Å². The summed E-state index contributed by atoms with van der Waals surface area (Å²) in [5, 5.41) is 13.0. The van der Waals surface area contributed by atoms with Crippen LogP contribution in [0.2, 0.25) is 10.0 Å². The Labute approximate surface area is 150 Å². The van der Waals surface area contributed by atoms with Crippen LogP contribution in [0.1, 0.15) is 37.4 Å². The molecule has 0 amide bonds. The number of aromatic nitrogens is 2. The molecule has 0 fully saturated rings. The Hall–Kier alpha value is -1.88. The van der Waals surface area contributed by atoms with Crippen LogP contribution in [-0.4, -0.2) is 10.2 Å². The highest BCUT2D eigenvalue weighted by Gasteiger charge is 2.17. The molecule has 0 aliphatic heterocycles. The van der Waals surface area contributed by atoms with E-state index >= 15 is 0 Å². The maximum atomic E-state index is 6.00. The Morgan fingerprint density at radius 1 is 0.917 bits per heavy atom. The molecule has 0 unspecified atom stereocenters. The van der Waals surface area contributed by atoms with Crippen molar-refractivity contribution >= 4 is 23.2 Å². The van der Waals surface area contributed by atoms with E-state index in [9.17, 15) is 0 Å². The van der Waals surface area contributed by atoms with Gasteiger partial charge in [0.15, 0.2) is 0 Å². The summed E-state index contributed by atoms with van der Waals surface area (Å²) in [6.45, 7) is 4.07. The second-order valence-corrected chi connectivity index (χ2v) is 6.49. The molecule has 1 N–H and O–H groups in total. The van der Waals surface area contributed by atoms with Crippen molar-refractivity contribution in [3.05, 3.63) is 70.0 Å². The first-order chi connectivity index (χ1) is 11.5. The van der Waals surface area contributed by atoms with E-state index < -0.39 is 0 Å². The van der Waals surface area contributed by atoms with E-state index in [-0.39, 0.29) is 12.1 Å². The molecule has 0 saturated carbocycles. The summed E-state index contributed by atoms with van der Waals surface area (Å²) in [4.78, 5) is 0. The average Bonchev–Trinajstić information content (AvgIpc) is 3.05. The van der Waals surface area contributed by atoms with E-state index in [1.807, 2.05) is 43.3 Å². The fourth-order valence-corrected chi connectivity index (χ4v) is 2.76. The molecule has 24 heavy (non-hydrogen) atoms. The molecule has 0 aliphatic carbocycles. The van der Waals surface area contributed by atoms with Crippen molar-refractivity contribution in [2.24, 2.45) is 0 Å². The predicted molar refractivity (Wildman–Crippen MR) is 96.2 cm³/mol. The van der Waals surface area contributed by atoms with Crippen molar-refractivity contribution < 1.29 is 4.42 Å². The largest absolute Gasteiger partial charge is 0.419 e. The van der Waals surface area contributed by atoms with Gasteiger partial charge in [-0.05, 0) is 49.7 Å². The molecule has 0 aliphatic rings. The molecular weight excluding hydrogens is 345 g/mol. The smallest absolute Gasteiger partial charge is 0.247 e. The average molecular weight is 362 g/mol. The van der Waals surface area contributed by atoms with Gasteiger partial charge in [0.25, 0.3) is 0 Å². The van der Waals surface area contributed by atoms with Gasteiger partial charge < -0.3 is 4.42 Å². The van der Waals surface area contributed by atoms with Crippen LogP contribution in [0.25, 0.3) is 11.5 Å². The quantitative estimate of drug-likeness (QED) is 0.655.